The zero-order valence-electron chi connectivity index (χ0n) is 12.9. The summed E-state index contributed by atoms with van der Waals surface area (Å²) in [6.45, 7) is 4.11. The van der Waals surface area contributed by atoms with Gasteiger partial charge in [0.25, 0.3) is 11.6 Å². The highest BCUT2D eigenvalue weighted by atomic mass is 35.5. The van der Waals surface area contributed by atoms with Crippen molar-refractivity contribution >= 4 is 24.0 Å². The minimum atomic E-state index is -0.486. The van der Waals surface area contributed by atoms with E-state index < -0.39 is 4.92 Å². The van der Waals surface area contributed by atoms with E-state index in [1.54, 1.807) is 17.0 Å². The molecule has 1 saturated heterocycles. The van der Waals surface area contributed by atoms with Crippen LogP contribution in [0.3, 0.4) is 0 Å². The number of nitro groups is 1. The SMILES string of the molecule is CNCC1CCN(C(=O)c2cc(C)ccc2[N+](=O)[O-])CC1.Cl. The monoisotopic (exact) mass is 327 g/mol. The number of piperidine rings is 1. The van der Waals surface area contributed by atoms with Crippen LogP contribution < -0.4 is 5.32 Å². The molecule has 0 saturated carbocycles. The molecule has 22 heavy (non-hydrogen) atoms. The Labute approximate surface area is 136 Å². The van der Waals surface area contributed by atoms with Crippen molar-refractivity contribution in [3.63, 3.8) is 0 Å². The molecule has 0 radical (unpaired) electrons. The molecule has 1 heterocycles. The van der Waals surface area contributed by atoms with Crippen molar-refractivity contribution < 1.29 is 9.72 Å². The fourth-order valence-corrected chi connectivity index (χ4v) is 2.78. The molecule has 0 atom stereocenters. The lowest BCUT2D eigenvalue weighted by molar-refractivity contribution is -0.385. The van der Waals surface area contributed by atoms with Gasteiger partial charge in [0.2, 0.25) is 0 Å². The Morgan fingerprint density at radius 2 is 2.05 bits per heavy atom. The number of benzene rings is 1. The normalized spacial score (nSPS) is 15.3. The molecular weight excluding hydrogens is 306 g/mol. The Morgan fingerprint density at radius 1 is 1.41 bits per heavy atom. The van der Waals surface area contributed by atoms with E-state index in [0.717, 1.165) is 24.9 Å². The summed E-state index contributed by atoms with van der Waals surface area (Å²) in [6, 6.07) is 4.69. The molecule has 2 rings (SSSR count). The molecule has 1 aliphatic heterocycles. The average Bonchev–Trinajstić information content (AvgIpc) is 2.47. The fraction of sp³-hybridized carbons (Fsp3) is 0.533. The van der Waals surface area contributed by atoms with Gasteiger partial charge in [-0.05, 0) is 50.9 Å². The topological polar surface area (TPSA) is 75.5 Å². The number of carbonyl (C=O) groups excluding carboxylic acids is 1. The molecule has 7 heteroatoms. The van der Waals surface area contributed by atoms with E-state index in [4.69, 9.17) is 0 Å². The van der Waals surface area contributed by atoms with Gasteiger partial charge in [-0.25, -0.2) is 0 Å². The molecule has 6 nitrogen and oxygen atoms in total. The van der Waals surface area contributed by atoms with Crippen LogP contribution in [0, 0.1) is 23.0 Å². The van der Waals surface area contributed by atoms with Crippen LogP contribution in [-0.4, -0.2) is 42.4 Å². The average molecular weight is 328 g/mol. The molecular formula is C15H22ClN3O3. The molecule has 0 spiro atoms. The van der Waals surface area contributed by atoms with Gasteiger partial charge in [0.05, 0.1) is 4.92 Å². The molecule has 122 valence electrons. The first-order valence-electron chi connectivity index (χ1n) is 7.22. The van der Waals surface area contributed by atoms with Gasteiger partial charge in [0.1, 0.15) is 5.56 Å². The molecule has 0 bridgehead atoms. The number of likely N-dealkylation sites (tertiary alicyclic amines) is 1. The summed E-state index contributed by atoms with van der Waals surface area (Å²) in [5, 5.41) is 14.2. The summed E-state index contributed by atoms with van der Waals surface area (Å²) < 4.78 is 0. The number of carbonyl (C=O) groups is 1. The zero-order valence-corrected chi connectivity index (χ0v) is 13.7. The molecule has 1 aromatic carbocycles. The summed E-state index contributed by atoms with van der Waals surface area (Å²) in [4.78, 5) is 24.9. The Bertz CT molecular complexity index is 543. The van der Waals surface area contributed by atoms with Gasteiger partial charge in [0.15, 0.2) is 0 Å². The number of nitro benzene ring substituents is 1. The Kier molecular flexibility index (Phi) is 6.77. The number of nitrogens with one attached hydrogen (secondary N) is 1. The maximum absolute atomic E-state index is 12.5. The van der Waals surface area contributed by atoms with Gasteiger partial charge in [-0.1, -0.05) is 6.07 Å². The van der Waals surface area contributed by atoms with E-state index in [2.05, 4.69) is 5.32 Å². The maximum Gasteiger partial charge on any atom is 0.282 e. The highest BCUT2D eigenvalue weighted by Gasteiger charge is 2.28. The van der Waals surface area contributed by atoms with Gasteiger partial charge >= 0.3 is 0 Å². The second-order valence-electron chi connectivity index (χ2n) is 5.57. The molecule has 0 aromatic heterocycles. The highest BCUT2D eigenvalue weighted by molar-refractivity contribution is 5.98. The number of hydrogen-bond acceptors (Lipinski definition) is 4. The predicted octanol–water partition coefficient (Wildman–Crippen LogP) is 2.40. The first kappa shape index (κ1) is 18.4. The van der Waals surface area contributed by atoms with E-state index in [1.807, 2.05) is 14.0 Å². The zero-order chi connectivity index (χ0) is 15.4. The predicted molar refractivity (Wildman–Crippen MR) is 87.6 cm³/mol. The molecule has 1 N–H and O–H groups in total. The summed E-state index contributed by atoms with van der Waals surface area (Å²) >= 11 is 0. The van der Waals surface area contributed by atoms with E-state index in [9.17, 15) is 14.9 Å². The lowest BCUT2D eigenvalue weighted by Gasteiger charge is -2.32. The number of aryl methyl sites for hydroxylation is 1. The van der Waals surface area contributed by atoms with Crippen molar-refractivity contribution in [1.82, 2.24) is 10.2 Å². The van der Waals surface area contributed by atoms with Crippen molar-refractivity contribution in [3.05, 3.63) is 39.4 Å². The smallest absolute Gasteiger partial charge is 0.282 e. The van der Waals surface area contributed by atoms with Gasteiger partial charge in [-0.3, -0.25) is 14.9 Å². The van der Waals surface area contributed by atoms with E-state index >= 15 is 0 Å². The third kappa shape index (κ3) is 4.18. The summed E-state index contributed by atoms with van der Waals surface area (Å²) in [5.74, 6) is 0.347. The van der Waals surface area contributed by atoms with Crippen LogP contribution in [0.5, 0.6) is 0 Å². The summed E-state index contributed by atoms with van der Waals surface area (Å²) in [6.07, 6.45) is 1.87. The molecule has 0 aliphatic carbocycles. The molecule has 1 fully saturated rings. The quantitative estimate of drug-likeness (QED) is 0.680. The van der Waals surface area contributed by atoms with Crippen LogP contribution >= 0.6 is 12.4 Å². The summed E-state index contributed by atoms with van der Waals surface area (Å²) in [7, 11) is 1.92. The van der Waals surface area contributed by atoms with Crippen LogP contribution in [0.1, 0.15) is 28.8 Å². The standard InChI is InChI=1S/C15H21N3O3.ClH/c1-11-3-4-14(18(20)21)13(9-11)15(19)17-7-5-12(6-8-17)10-16-2;/h3-4,9,12,16H,5-8,10H2,1-2H3;1H. The van der Waals surface area contributed by atoms with Crippen molar-refractivity contribution in [3.8, 4) is 0 Å². The van der Waals surface area contributed by atoms with E-state index in [-0.39, 0.29) is 29.6 Å². The van der Waals surface area contributed by atoms with Crippen molar-refractivity contribution in [2.75, 3.05) is 26.7 Å². The fourth-order valence-electron chi connectivity index (χ4n) is 2.78. The Hall–Kier alpha value is -1.66. The maximum atomic E-state index is 12.5. The number of nitrogens with zero attached hydrogens (tertiary/aromatic N) is 2. The molecule has 1 amide bonds. The van der Waals surface area contributed by atoms with Gasteiger partial charge in [0, 0.05) is 19.2 Å². The minimum absolute atomic E-state index is 0. The molecule has 1 aliphatic rings. The van der Waals surface area contributed by atoms with Gasteiger partial charge in [-0.15, -0.1) is 12.4 Å². The number of halogens is 1. The number of rotatable bonds is 4. The highest BCUT2D eigenvalue weighted by Crippen LogP contribution is 2.24. The number of hydrogen-bond donors (Lipinski definition) is 1. The second-order valence-corrected chi connectivity index (χ2v) is 5.57. The van der Waals surface area contributed by atoms with E-state index in [1.165, 1.54) is 6.07 Å². The second kappa shape index (κ2) is 8.10. The lowest BCUT2D eigenvalue weighted by atomic mass is 9.96. The van der Waals surface area contributed by atoms with Crippen molar-refractivity contribution in [2.24, 2.45) is 5.92 Å². The lowest BCUT2D eigenvalue weighted by Crippen LogP contribution is -2.40. The van der Waals surface area contributed by atoms with Crippen LogP contribution in [0.15, 0.2) is 18.2 Å². The van der Waals surface area contributed by atoms with E-state index in [0.29, 0.717) is 19.0 Å². The minimum Gasteiger partial charge on any atom is -0.338 e. The third-order valence-electron chi connectivity index (χ3n) is 3.97. The van der Waals surface area contributed by atoms with Crippen LogP contribution in [0.25, 0.3) is 0 Å². The molecule has 0 unspecified atom stereocenters. The van der Waals surface area contributed by atoms with Crippen LogP contribution in [-0.2, 0) is 0 Å². The first-order chi connectivity index (χ1) is 10.0. The number of amides is 1. The Morgan fingerprint density at radius 3 is 2.59 bits per heavy atom. The Balaban J connectivity index is 0.00000242. The van der Waals surface area contributed by atoms with Crippen LogP contribution in [0.4, 0.5) is 5.69 Å². The van der Waals surface area contributed by atoms with Gasteiger partial charge in [-0.2, -0.15) is 0 Å². The molecule has 1 aromatic rings. The van der Waals surface area contributed by atoms with Gasteiger partial charge < -0.3 is 10.2 Å². The first-order valence-corrected chi connectivity index (χ1v) is 7.22. The van der Waals surface area contributed by atoms with Crippen molar-refractivity contribution in [1.29, 1.82) is 0 Å². The van der Waals surface area contributed by atoms with Crippen molar-refractivity contribution in [2.45, 2.75) is 19.8 Å². The third-order valence-corrected chi connectivity index (χ3v) is 3.97. The largest absolute Gasteiger partial charge is 0.338 e. The summed E-state index contributed by atoms with van der Waals surface area (Å²) in [5.41, 5.74) is 0.948. The van der Waals surface area contributed by atoms with Crippen LogP contribution in [0.2, 0.25) is 0 Å².